The van der Waals surface area contributed by atoms with Gasteiger partial charge in [0.1, 0.15) is 11.5 Å². The van der Waals surface area contributed by atoms with Gasteiger partial charge < -0.3 is 19.6 Å². The Morgan fingerprint density at radius 2 is 1.77 bits per heavy atom. The van der Waals surface area contributed by atoms with Crippen molar-refractivity contribution in [2.45, 2.75) is 26.3 Å². The zero-order chi connectivity index (χ0) is 22.7. The Kier molecular flexibility index (Phi) is 6.81. The standard InChI is InChI=1S/C25H30N2O4/c1-16-7-9-18(10-8-16)22-21(23(28)19-11-12-20(31-5)17(2)15-19)24(29)25(30)27(22)14-6-13-26(3)4/h7-12,15,22,28H,6,13-14H2,1-5H3. The molecule has 2 aromatic carbocycles. The summed E-state index contributed by atoms with van der Waals surface area (Å²) in [5, 5.41) is 11.1. The molecule has 0 bridgehead atoms. The fraction of sp³-hybridized carbons (Fsp3) is 0.360. The number of aryl methyl sites for hydroxylation is 2. The summed E-state index contributed by atoms with van der Waals surface area (Å²) in [4.78, 5) is 29.6. The molecule has 1 aliphatic heterocycles. The number of hydrogen-bond acceptors (Lipinski definition) is 5. The van der Waals surface area contributed by atoms with Crippen molar-refractivity contribution in [3.63, 3.8) is 0 Å². The number of benzene rings is 2. The van der Waals surface area contributed by atoms with E-state index >= 15 is 0 Å². The zero-order valence-electron chi connectivity index (χ0n) is 18.8. The molecular formula is C25H30N2O4. The van der Waals surface area contributed by atoms with Gasteiger partial charge in [0.25, 0.3) is 11.7 Å². The van der Waals surface area contributed by atoms with Crippen LogP contribution < -0.4 is 4.74 Å². The molecule has 1 amide bonds. The van der Waals surface area contributed by atoms with Gasteiger partial charge in [-0.05, 0) is 70.2 Å². The van der Waals surface area contributed by atoms with Crippen LogP contribution in [0.5, 0.6) is 5.75 Å². The van der Waals surface area contributed by atoms with Crippen LogP contribution in [0.25, 0.3) is 5.76 Å². The second kappa shape index (κ2) is 9.35. The molecule has 1 saturated heterocycles. The first kappa shape index (κ1) is 22.6. The monoisotopic (exact) mass is 422 g/mol. The number of aliphatic hydroxyl groups is 1. The van der Waals surface area contributed by atoms with E-state index in [2.05, 4.69) is 0 Å². The molecule has 0 radical (unpaired) electrons. The summed E-state index contributed by atoms with van der Waals surface area (Å²) in [6, 6.07) is 12.3. The Hall–Kier alpha value is -3.12. The van der Waals surface area contributed by atoms with E-state index in [1.54, 1.807) is 30.2 Å². The molecule has 1 heterocycles. The van der Waals surface area contributed by atoms with Gasteiger partial charge in [0.2, 0.25) is 0 Å². The number of carbonyl (C=O) groups is 2. The highest BCUT2D eigenvalue weighted by Gasteiger charge is 2.45. The smallest absolute Gasteiger partial charge is 0.295 e. The van der Waals surface area contributed by atoms with Gasteiger partial charge >= 0.3 is 0 Å². The van der Waals surface area contributed by atoms with E-state index in [1.165, 1.54) is 0 Å². The van der Waals surface area contributed by atoms with Gasteiger partial charge in [-0.15, -0.1) is 0 Å². The summed E-state index contributed by atoms with van der Waals surface area (Å²) in [5.74, 6) is -0.696. The molecule has 6 heteroatoms. The Bertz CT molecular complexity index is 1010. The first-order valence-electron chi connectivity index (χ1n) is 10.4. The van der Waals surface area contributed by atoms with Crippen molar-refractivity contribution >= 4 is 17.4 Å². The van der Waals surface area contributed by atoms with E-state index in [0.717, 1.165) is 29.7 Å². The molecule has 31 heavy (non-hydrogen) atoms. The largest absolute Gasteiger partial charge is 0.507 e. The van der Waals surface area contributed by atoms with Crippen molar-refractivity contribution in [1.29, 1.82) is 0 Å². The third kappa shape index (κ3) is 4.64. The van der Waals surface area contributed by atoms with Crippen LogP contribution in [-0.4, -0.2) is 60.9 Å². The number of methoxy groups -OCH3 is 1. The van der Waals surface area contributed by atoms with Crippen LogP contribution in [0.15, 0.2) is 48.0 Å². The fourth-order valence-corrected chi connectivity index (χ4v) is 3.94. The number of carbonyl (C=O) groups excluding carboxylic acids is 2. The van der Waals surface area contributed by atoms with Crippen molar-refractivity contribution in [1.82, 2.24) is 9.80 Å². The van der Waals surface area contributed by atoms with Crippen LogP contribution in [0, 0.1) is 13.8 Å². The number of rotatable bonds is 7. The van der Waals surface area contributed by atoms with Gasteiger partial charge in [-0.1, -0.05) is 29.8 Å². The third-order valence-corrected chi connectivity index (χ3v) is 5.61. The van der Waals surface area contributed by atoms with Crippen LogP contribution in [-0.2, 0) is 9.59 Å². The molecular weight excluding hydrogens is 392 g/mol. The SMILES string of the molecule is COc1ccc(C(O)=C2C(=O)C(=O)N(CCCN(C)C)C2c2ccc(C)cc2)cc1C. The maximum Gasteiger partial charge on any atom is 0.295 e. The quantitative estimate of drug-likeness (QED) is 0.419. The second-order valence-electron chi connectivity index (χ2n) is 8.24. The number of nitrogens with zero attached hydrogens (tertiary/aromatic N) is 2. The van der Waals surface area contributed by atoms with Gasteiger partial charge in [-0.25, -0.2) is 0 Å². The van der Waals surface area contributed by atoms with Crippen LogP contribution in [0.2, 0.25) is 0 Å². The predicted octanol–water partition coefficient (Wildman–Crippen LogP) is 3.69. The van der Waals surface area contributed by atoms with E-state index in [0.29, 0.717) is 17.9 Å². The molecule has 2 aromatic rings. The van der Waals surface area contributed by atoms with Crippen molar-refractivity contribution < 1.29 is 19.4 Å². The maximum atomic E-state index is 13.0. The fourth-order valence-electron chi connectivity index (χ4n) is 3.94. The van der Waals surface area contributed by atoms with Crippen LogP contribution in [0.4, 0.5) is 0 Å². The molecule has 1 unspecified atom stereocenters. The number of ether oxygens (including phenoxy) is 1. The number of Topliss-reactive ketones (excluding diaryl/α,β-unsaturated/α-hetero) is 1. The Labute approximate surface area is 183 Å². The van der Waals surface area contributed by atoms with Gasteiger partial charge in [-0.3, -0.25) is 9.59 Å². The highest BCUT2D eigenvalue weighted by molar-refractivity contribution is 6.46. The summed E-state index contributed by atoms with van der Waals surface area (Å²) in [6.07, 6.45) is 0.726. The van der Waals surface area contributed by atoms with E-state index in [-0.39, 0.29) is 11.3 Å². The average Bonchev–Trinajstić information content (AvgIpc) is 2.98. The molecule has 0 spiro atoms. The minimum Gasteiger partial charge on any atom is -0.507 e. The van der Waals surface area contributed by atoms with E-state index in [4.69, 9.17) is 4.74 Å². The first-order valence-corrected chi connectivity index (χ1v) is 10.4. The lowest BCUT2D eigenvalue weighted by molar-refractivity contribution is -0.139. The van der Waals surface area contributed by atoms with Crippen LogP contribution in [0.1, 0.15) is 34.7 Å². The lowest BCUT2D eigenvalue weighted by atomic mass is 9.94. The van der Waals surface area contributed by atoms with Crippen molar-refractivity contribution in [3.05, 3.63) is 70.3 Å². The van der Waals surface area contributed by atoms with Gasteiger partial charge in [0.05, 0.1) is 18.7 Å². The van der Waals surface area contributed by atoms with Crippen molar-refractivity contribution in [2.24, 2.45) is 0 Å². The summed E-state index contributed by atoms with van der Waals surface area (Å²) in [6.45, 7) is 5.08. The molecule has 1 aliphatic rings. The Balaban J connectivity index is 2.10. The van der Waals surface area contributed by atoms with Gasteiger partial charge in [0, 0.05) is 12.1 Å². The first-order chi connectivity index (χ1) is 14.7. The minimum absolute atomic E-state index is 0.128. The topological polar surface area (TPSA) is 70.1 Å². The Morgan fingerprint density at radius 1 is 1.10 bits per heavy atom. The average molecular weight is 423 g/mol. The summed E-state index contributed by atoms with van der Waals surface area (Å²) < 4.78 is 5.29. The normalized spacial score (nSPS) is 18.1. The number of hydrogen-bond donors (Lipinski definition) is 1. The molecule has 0 aromatic heterocycles. The van der Waals surface area contributed by atoms with E-state index < -0.39 is 17.7 Å². The minimum atomic E-state index is -0.651. The summed E-state index contributed by atoms with van der Waals surface area (Å²) in [5.41, 5.74) is 3.34. The second-order valence-corrected chi connectivity index (χ2v) is 8.24. The lowest BCUT2D eigenvalue weighted by Gasteiger charge is -2.26. The molecule has 3 rings (SSSR count). The van der Waals surface area contributed by atoms with Crippen molar-refractivity contribution in [2.75, 3.05) is 34.3 Å². The summed E-state index contributed by atoms with van der Waals surface area (Å²) in [7, 11) is 5.52. The molecule has 1 fully saturated rings. The van der Waals surface area contributed by atoms with Gasteiger partial charge in [0.15, 0.2) is 0 Å². The van der Waals surface area contributed by atoms with E-state index in [9.17, 15) is 14.7 Å². The number of aliphatic hydroxyl groups excluding tert-OH is 1. The highest BCUT2D eigenvalue weighted by atomic mass is 16.5. The van der Waals surface area contributed by atoms with Crippen LogP contribution >= 0.6 is 0 Å². The number of amides is 1. The van der Waals surface area contributed by atoms with E-state index in [1.807, 2.05) is 57.1 Å². The number of likely N-dealkylation sites (tertiary alicyclic amines) is 1. The van der Waals surface area contributed by atoms with Crippen molar-refractivity contribution in [3.8, 4) is 5.75 Å². The molecule has 0 saturated carbocycles. The molecule has 164 valence electrons. The molecule has 0 aliphatic carbocycles. The summed E-state index contributed by atoms with van der Waals surface area (Å²) >= 11 is 0. The maximum absolute atomic E-state index is 13.0. The molecule has 6 nitrogen and oxygen atoms in total. The third-order valence-electron chi connectivity index (χ3n) is 5.61. The highest BCUT2D eigenvalue weighted by Crippen LogP contribution is 2.40. The zero-order valence-corrected chi connectivity index (χ0v) is 18.8. The lowest BCUT2D eigenvalue weighted by Crippen LogP contribution is -2.32. The van der Waals surface area contributed by atoms with Gasteiger partial charge in [-0.2, -0.15) is 0 Å². The van der Waals surface area contributed by atoms with Crippen LogP contribution in [0.3, 0.4) is 0 Å². The Morgan fingerprint density at radius 3 is 2.35 bits per heavy atom. The number of ketones is 1. The molecule has 1 atom stereocenters. The predicted molar refractivity (Wildman–Crippen MR) is 121 cm³/mol. The molecule has 1 N–H and O–H groups in total.